The number of hydrogen-bond acceptors (Lipinski definition) is 4. The molecule has 4 amide bonds. The van der Waals surface area contributed by atoms with Gasteiger partial charge in [-0.1, -0.05) is 29.8 Å². The summed E-state index contributed by atoms with van der Waals surface area (Å²) in [5, 5.41) is 6.43. The molecule has 0 bridgehead atoms. The van der Waals surface area contributed by atoms with Crippen LogP contribution >= 0.6 is 11.6 Å². The maximum Gasteiger partial charge on any atom is 0.328 e. The fraction of sp³-hybridized carbons (Fsp3) is 0.318. The highest BCUT2D eigenvalue weighted by molar-refractivity contribution is 6.30. The number of urea groups is 1. The number of carbonyl (C=O) groups excluding carboxylic acids is 3. The fourth-order valence-corrected chi connectivity index (χ4v) is 4.22. The maximum absolute atomic E-state index is 13.2. The third kappa shape index (κ3) is 4.70. The quantitative estimate of drug-likeness (QED) is 0.742. The Morgan fingerprint density at radius 2 is 1.97 bits per heavy atom. The van der Waals surface area contributed by atoms with E-state index in [-0.39, 0.29) is 19.0 Å². The first-order valence-electron chi connectivity index (χ1n) is 10.1. The van der Waals surface area contributed by atoms with Crippen molar-refractivity contribution in [1.82, 2.24) is 15.1 Å². The zero-order chi connectivity index (χ0) is 22.0. The van der Waals surface area contributed by atoms with E-state index in [1.807, 2.05) is 0 Å². The Morgan fingerprint density at radius 3 is 2.71 bits per heavy atom. The van der Waals surface area contributed by atoms with Gasteiger partial charge in [0, 0.05) is 10.7 Å². The number of fused-ring (bicyclic) bond motifs is 1. The second-order valence-electron chi connectivity index (χ2n) is 7.67. The molecule has 2 heterocycles. The van der Waals surface area contributed by atoms with Crippen molar-refractivity contribution in [2.45, 2.75) is 25.6 Å². The topological polar surface area (TPSA) is 81.8 Å². The number of halogens is 2. The van der Waals surface area contributed by atoms with Crippen LogP contribution in [-0.2, 0) is 16.1 Å². The summed E-state index contributed by atoms with van der Waals surface area (Å²) in [6.45, 7) is 0.465. The number of imide groups is 1. The lowest BCUT2D eigenvalue weighted by Gasteiger charge is -2.46. The molecule has 7 nitrogen and oxygen atoms in total. The second-order valence-corrected chi connectivity index (χ2v) is 8.10. The highest BCUT2D eigenvalue weighted by Crippen LogP contribution is 2.29. The van der Waals surface area contributed by atoms with Gasteiger partial charge in [0.1, 0.15) is 12.4 Å². The third-order valence-electron chi connectivity index (χ3n) is 5.50. The number of nitrogens with zero attached hydrogens (tertiary/aromatic N) is 2. The molecule has 0 saturated carbocycles. The molecule has 2 aliphatic heterocycles. The molecule has 2 unspecified atom stereocenters. The van der Waals surface area contributed by atoms with Crippen molar-refractivity contribution in [3.63, 3.8) is 0 Å². The normalized spacial score (nSPS) is 21.1. The zero-order valence-corrected chi connectivity index (χ0v) is 17.4. The molecule has 4 rings (SSSR count). The summed E-state index contributed by atoms with van der Waals surface area (Å²) in [5.41, 5.74) is 1.16. The van der Waals surface area contributed by atoms with Gasteiger partial charge in [0.25, 0.3) is 0 Å². The van der Waals surface area contributed by atoms with Crippen LogP contribution in [0.25, 0.3) is 0 Å². The number of nitrogens with one attached hydrogen (secondary N) is 2. The molecule has 2 N–H and O–H groups in total. The first-order chi connectivity index (χ1) is 14.9. The Labute approximate surface area is 184 Å². The minimum atomic E-state index is -0.550. The molecule has 0 spiro atoms. The molecule has 2 saturated heterocycles. The molecule has 2 atom stereocenters. The van der Waals surface area contributed by atoms with Crippen molar-refractivity contribution in [3.05, 3.63) is 64.9 Å². The molecule has 31 heavy (non-hydrogen) atoms. The van der Waals surface area contributed by atoms with Gasteiger partial charge in [-0.05, 0) is 55.3 Å². The van der Waals surface area contributed by atoms with Crippen LogP contribution in [0.15, 0.2) is 48.5 Å². The van der Waals surface area contributed by atoms with Crippen LogP contribution in [-0.4, -0.2) is 46.9 Å². The van der Waals surface area contributed by atoms with Gasteiger partial charge in [-0.2, -0.15) is 0 Å². The lowest BCUT2D eigenvalue weighted by atomic mass is 9.91. The number of amides is 4. The van der Waals surface area contributed by atoms with Crippen LogP contribution in [0.4, 0.5) is 14.9 Å². The van der Waals surface area contributed by atoms with E-state index < -0.39 is 29.8 Å². The highest BCUT2D eigenvalue weighted by atomic mass is 35.5. The Balaban J connectivity index is 1.54. The van der Waals surface area contributed by atoms with Crippen molar-refractivity contribution in [1.29, 1.82) is 0 Å². The van der Waals surface area contributed by atoms with E-state index in [4.69, 9.17) is 11.6 Å². The minimum absolute atomic E-state index is 0.0214. The fourth-order valence-electron chi connectivity index (χ4n) is 4.03. The number of anilines is 1. The van der Waals surface area contributed by atoms with E-state index in [1.165, 1.54) is 29.2 Å². The van der Waals surface area contributed by atoms with Crippen LogP contribution in [0.3, 0.4) is 0 Å². The molecule has 0 aliphatic carbocycles. The first-order valence-corrected chi connectivity index (χ1v) is 10.5. The Bertz CT molecular complexity index is 1000. The number of rotatable bonds is 5. The molecule has 0 radical (unpaired) electrons. The lowest BCUT2D eigenvalue weighted by molar-refractivity contribution is -0.143. The van der Waals surface area contributed by atoms with Crippen LogP contribution in [0.5, 0.6) is 0 Å². The summed E-state index contributed by atoms with van der Waals surface area (Å²) in [4.78, 5) is 41.5. The summed E-state index contributed by atoms with van der Waals surface area (Å²) < 4.78 is 13.2. The van der Waals surface area contributed by atoms with E-state index in [0.717, 1.165) is 11.3 Å². The average molecular weight is 445 g/mol. The number of benzene rings is 2. The van der Waals surface area contributed by atoms with Crippen molar-refractivity contribution in [2.24, 2.45) is 5.92 Å². The molecule has 2 fully saturated rings. The SMILES string of the molecule is O=C(CN1C(=O)N(Cc2ccc(F)cc2)C(=O)C2CCCNC21)Nc1cccc(Cl)c1. The Kier molecular flexibility index (Phi) is 6.20. The summed E-state index contributed by atoms with van der Waals surface area (Å²) in [6, 6.07) is 11.8. The molecular formula is C22H22ClFN4O3. The van der Waals surface area contributed by atoms with Gasteiger partial charge in [0.15, 0.2) is 0 Å². The predicted octanol–water partition coefficient (Wildman–Crippen LogP) is 3.21. The van der Waals surface area contributed by atoms with Crippen LogP contribution in [0, 0.1) is 11.7 Å². The first kappa shape index (κ1) is 21.3. The molecule has 0 aromatic heterocycles. The number of piperidine rings is 1. The van der Waals surface area contributed by atoms with E-state index in [2.05, 4.69) is 10.6 Å². The molecule has 2 aromatic rings. The van der Waals surface area contributed by atoms with Gasteiger partial charge in [0.2, 0.25) is 11.8 Å². The zero-order valence-electron chi connectivity index (χ0n) is 16.7. The van der Waals surface area contributed by atoms with Gasteiger partial charge in [-0.3, -0.25) is 24.7 Å². The number of hydrogen-bond donors (Lipinski definition) is 2. The van der Waals surface area contributed by atoms with Crippen LogP contribution in [0.2, 0.25) is 5.02 Å². The molecular weight excluding hydrogens is 423 g/mol. The predicted molar refractivity (Wildman–Crippen MR) is 114 cm³/mol. The highest BCUT2D eigenvalue weighted by Gasteiger charge is 2.47. The maximum atomic E-state index is 13.2. The van der Waals surface area contributed by atoms with E-state index in [1.54, 1.807) is 24.3 Å². The second kappa shape index (κ2) is 9.03. The lowest BCUT2D eigenvalue weighted by Crippen LogP contribution is -2.68. The Hall–Kier alpha value is -2.97. The van der Waals surface area contributed by atoms with E-state index >= 15 is 0 Å². The van der Waals surface area contributed by atoms with Gasteiger partial charge in [-0.15, -0.1) is 0 Å². The standard InChI is InChI=1S/C22H22ClFN4O3/c23-15-3-1-4-17(11-15)26-19(29)13-27-20-18(5-2-10-25-20)21(30)28(22(27)31)12-14-6-8-16(24)9-7-14/h1,3-4,6-9,11,18,20,25H,2,5,10,12-13H2,(H,26,29). The van der Waals surface area contributed by atoms with Gasteiger partial charge in [-0.25, -0.2) is 9.18 Å². The summed E-state index contributed by atoms with van der Waals surface area (Å²) in [5.74, 6) is -1.50. The summed E-state index contributed by atoms with van der Waals surface area (Å²) >= 11 is 5.96. The molecule has 9 heteroatoms. The molecule has 2 aliphatic rings. The minimum Gasteiger partial charge on any atom is -0.324 e. The average Bonchev–Trinajstić information content (AvgIpc) is 2.75. The van der Waals surface area contributed by atoms with Gasteiger partial charge >= 0.3 is 6.03 Å². The largest absolute Gasteiger partial charge is 0.328 e. The molecule has 162 valence electrons. The van der Waals surface area contributed by atoms with Gasteiger partial charge < -0.3 is 5.32 Å². The van der Waals surface area contributed by atoms with Crippen molar-refractivity contribution in [3.8, 4) is 0 Å². The smallest absolute Gasteiger partial charge is 0.324 e. The van der Waals surface area contributed by atoms with Crippen molar-refractivity contribution >= 4 is 35.1 Å². The van der Waals surface area contributed by atoms with Crippen LogP contribution < -0.4 is 10.6 Å². The van der Waals surface area contributed by atoms with Crippen molar-refractivity contribution in [2.75, 3.05) is 18.4 Å². The van der Waals surface area contributed by atoms with E-state index in [0.29, 0.717) is 29.2 Å². The van der Waals surface area contributed by atoms with Crippen molar-refractivity contribution < 1.29 is 18.8 Å². The summed E-state index contributed by atoms with van der Waals surface area (Å²) in [6.07, 6.45) is 0.882. The summed E-state index contributed by atoms with van der Waals surface area (Å²) in [7, 11) is 0. The molecule has 2 aromatic carbocycles. The van der Waals surface area contributed by atoms with Crippen LogP contribution in [0.1, 0.15) is 18.4 Å². The number of carbonyl (C=O) groups is 3. The monoisotopic (exact) mass is 444 g/mol. The third-order valence-corrected chi connectivity index (χ3v) is 5.73. The Morgan fingerprint density at radius 1 is 1.19 bits per heavy atom. The van der Waals surface area contributed by atoms with E-state index in [9.17, 15) is 18.8 Å². The van der Waals surface area contributed by atoms with Gasteiger partial charge in [0.05, 0.1) is 18.6 Å².